The van der Waals surface area contributed by atoms with E-state index < -0.39 is 29.3 Å². The van der Waals surface area contributed by atoms with E-state index in [-0.39, 0.29) is 22.1 Å². The Bertz CT molecular complexity index is 1020. The van der Waals surface area contributed by atoms with Crippen molar-refractivity contribution in [3.63, 3.8) is 0 Å². The maximum Gasteiger partial charge on any atom is 0.434 e. The van der Waals surface area contributed by atoms with Crippen LogP contribution in [-0.4, -0.2) is 25.4 Å². The highest BCUT2D eigenvalue weighted by Crippen LogP contribution is 2.30. The van der Waals surface area contributed by atoms with Gasteiger partial charge in [-0.25, -0.2) is 14.4 Å². The Morgan fingerprint density at radius 1 is 1.21 bits per heavy atom. The van der Waals surface area contributed by atoms with E-state index in [0.29, 0.717) is 11.9 Å². The molecule has 3 rings (SSSR count). The van der Waals surface area contributed by atoms with Gasteiger partial charge in [0, 0.05) is 11.8 Å². The predicted molar refractivity (Wildman–Crippen MR) is 93.2 cm³/mol. The standard InChI is InChI=1S/C16H11F4N5O2S/c1-7-13(14(27)23-8-2-3-9(17)10(26)4-8)15(28-25-7)24-12-6-21-11(5-22-12)16(18,19)20/h2-6,26H,1H3,(H,22,24)(H,23,27). The molecule has 0 atom stereocenters. The van der Waals surface area contributed by atoms with E-state index in [2.05, 4.69) is 25.0 Å². The van der Waals surface area contributed by atoms with Gasteiger partial charge in [0.25, 0.3) is 5.91 Å². The lowest BCUT2D eigenvalue weighted by Crippen LogP contribution is -2.14. The van der Waals surface area contributed by atoms with Gasteiger partial charge >= 0.3 is 6.18 Å². The number of benzene rings is 1. The number of halogens is 4. The van der Waals surface area contributed by atoms with Crippen LogP contribution in [-0.2, 0) is 6.18 Å². The van der Waals surface area contributed by atoms with Crippen molar-refractivity contribution < 1.29 is 27.5 Å². The van der Waals surface area contributed by atoms with Crippen molar-refractivity contribution in [2.24, 2.45) is 0 Å². The van der Waals surface area contributed by atoms with E-state index in [0.717, 1.165) is 29.9 Å². The molecule has 0 saturated heterocycles. The van der Waals surface area contributed by atoms with Crippen molar-refractivity contribution in [2.75, 3.05) is 10.6 Å². The molecule has 0 aliphatic carbocycles. The fraction of sp³-hybridized carbons (Fsp3) is 0.125. The summed E-state index contributed by atoms with van der Waals surface area (Å²) in [6, 6.07) is 3.29. The van der Waals surface area contributed by atoms with Gasteiger partial charge in [-0.1, -0.05) is 0 Å². The maximum atomic E-state index is 13.1. The third-order valence-corrected chi connectivity index (χ3v) is 4.33. The molecule has 12 heteroatoms. The minimum absolute atomic E-state index is 0.00914. The summed E-state index contributed by atoms with van der Waals surface area (Å²) in [7, 11) is 0. The van der Waals surface area contributed by atoms with Crippen molar-refractivity contribution in [2.45, 2.75) is 13.1 Å². The van der Waals surface area contributed by atoms with Crippen molar-refractivity contribution in [3.8, 4) is 5.75 Å². The lowest BCUT2D eigenvalue weighted by molar-refractivity contribution is -0.141. The first-order chi connectivity index (χ1) is 13.1. The van der Waals surface area contributed by atoms with E-state index >= 15 is 0 Å². The topological polar surface area (TPSA) is 100 Å². The molecule has 0 spiro atoms. The first-order valence-corrected chi connectivity index (χ1v) is 8.35. The van der Waals surface area contributed by atoms with Gasteiger partial charge in [-0.15, -0.1) is 0 Å². The van der Waals surface area contributed by atoms with Crippen molar-refractivity contribution in [3.05, 3.63) is 53.4 Å². The monoisotopic (exact) mass is 413 g/mol. The average Bonchev–Trinajstić information content (AvgIpc) is 2.98. The minimum Gasteiger partial charge on any atom is -0.505 e. The Labute approximate surface area is 159 Å². The second-order valence-electron chi connectivity index (χ2n) is 5.50. The van der Waals surface area contributed by atoms with Gasteiger partial charge in [0.05, 0.1) is 23.7 Å². The number of nitrogens with one attached hydrogen (secondary N) is 2. The van der Waals surface area contributed by atoms with Crippen LogP contribution >= 0.6 is 11.5 Å². The number of amides is 1. The zero-order valence-electron chi connectivity index (χ0n) is 14.0. The Balaban J connectivity index is 1.81. The summed E-state index contributed by atoms with van der Waals surface area (Å²) in [5, 5.41) is 14.8. The Kier molecular flexibility index (Phi) is 5.14. The number of aryl methyl sites for hydroxylation is 1. The number of rotatable bonds is 4. The summed E-state index contributed by atoms with van der Waals surface area (Å²) < 4.78 is 54.8. The molecular formula is C16H11F4N5O2S. The van der Waals surface area contributed by atoms with Crippen LogP contribution in [0.5, 0.6) is 5.75 Å². The molecule has 7 nitrogen and oxygen atoms in total. The van der Waals surface area contributed by atoms with Gasteiger partial charge in [0.15, 0.2) is 17.3 Å². The van der Waals surface area contributed by atoms with Gasteiger partial charge in [0.1, 0.15) is 10.8 Å². The van der Waals surface area contributed by atoms with Crippen LogP contribution in [0.2, 0.25) is 0 Å². The summed E-state index contributed by atoms with van der Waals surface area (Å²) in [6.07, 6.45) is -3.16. The second-order valence-corrected chi connectivity index (χ2v) is 6.28. The number of hydrogen-bond donors (Lipinski definition) is 3. The van der Waals surface area contributed by atoms with Crippen LogP contribution in [0.25, 0.3) is 0 Å². The summed E-state index contributed by atoms with van der Waals surface area (Å²) >= 11 is 0.904. The molecule has 0 unspecified atom stereocenters. The molecule has 2 heterocycles. The third-order valence-electron chi connectivity index (χ3n) is 3.48. The number of hydrogen-bond acceptors (Lipinski definition) is 7. The van der Waals surface area contributed by atoms with Crippen LogP contribution < -0.4 is 10.6 Å². The van der Waals surface area contributed by atoms with Crippen LogP contribution in [0, 0.1) is 12.7 Å². The molecular weight excluding hydrogens is 402 g/mol. The molecule has 0 fully saturated rings. The SMILES string of the molecule is Cc1nsc(Nc2cnc(C(F)(F)F)cn2)c1C(=O)Nc1ccc(F)c(O)c1. The highest BCUT2D eigenvalue weighted by molar-refractivity contribution is 7.10. The number of alkyl halides is 3. The summed E-state index contributed by atoms with van der Waals surface area (Å²) in [4.78, 5) is 19.5. The maximum absolute atomic E-state index is 13.1. The average molecular weight is 413 g/mol. The molecule has 0 aliphatic heterocycles. The number of aromatic hydroxyl groups is 1. The number of phenolic OH excluding ortho intramolecular Hbond substituents is 1. The first-order valence-electron chi connectivity index (χ1n) is 7.57. The Morgan fingerprint density at radius 3 is 2.57 bits per heavy atom. The lowest BCUT2D eigenvalue weighted by atomic mass is 10.2. The van der Waals surface area contributed by atoms with E-state index in [1.165, 1.54) is 6.07 Å². The summed E-state index contributed by atoms with van der Waals surface area (Å²) in [5.41, 5.74) is -0.519. The molecule has 0 bridgehead atoms. The highest BCUT2D eigenvalue weighted by atomic mass is 32.1. The van der Waals surface area contributed by atoms with Crippen LogP contribution in [0.1, 0.15) is 21.7 Å². The largest absolute Gasteiger partial charge is 0.505 e. The fourth-order valence-electron chi connectivity index (χ4n) is 2.16. The molecule has 3 N–H and O–H groups in total. The Morgan fingerprint density at radius 2 is 1.96 bits per heavy atom. The van der Waals surface area contributed by atoms with Gasteiger partial charge in [-0.05, 0) is 30.6 Å². The minimum atomic E-state index is -4.61. The zero-order chi connectivity index (χ0) is 20.5. The van der Waals surface area contributed by atoms with E-state index in [1.54, 1.807) is 6.92 Å². The zero-order valence-corrected chi connectivity index (χ0v) is 14.8. The van der Waals surface area contributed by atoms with Crippen molar-refractivity contribution in [1.29, 1.82) is 0 Å². The van der Waals surface area contributed by atoms with Crippen LogP contribution in [0.15, 0.2) is 30.6 Å². The van der Waals surface area contributed by atoms with Crippen LogP contribution in [0.3, 0.4) is 0 Å². The predicted octanol–water partition coefficient (Wildman–Crippen LogP) is 4.10. The van der Waals surface area contributed by atoms with E-state index in [9.17, 15) is 27.5 Å². The van der Waals surface area contributed by atoms with Gasteiger partial charge in [-0.3, -0.25) is 4.79 Å². The molecule has 0 aliphatic rings. The molecule has 2 aromatic heterocycles. The summed E-state index contributed by atoms with van der Waals surface area (Å²) in [6.45, 7) is 1.57. The fourth-order valence-corrected chi connectivity index (χ4v) is 2.96. The van der Waals surface area contributed by atoms with E-state index in [1.807, 2.05) is 0 Å². The van der Waals surface area contributed by atoms with Crippen molar-refractivity contribution in [1.82, 2.24) is 14.3 Å². The second kappa shape index (κ2) is 7.38. The molecule has 1 aromatic carbocycles. The normalized spacial score (nSPS) is 11.3. The molecule has 0 saturated carbocycles. The number of carbonyl (C=O) groups excluding carboxylic acids is 1. The molecule has 28 heavy (non-hydrogen) atoms. The molecule has 1 amide bonds. The molecule has 3 aromatic rings. The third kappa shape index (κ3) is 4.17. The van der Waals surface area contributed by atoms with Gasteiger partial charge < -0.3 is 15.7 Å². The number of phenols is 1. The number of anilines is 3. The van der Waals surface area contributed by atoms with Crippen molar-refractivity contribution >= 4 is 33.9 Å². The Hall–Kier alpha value is -3.28. The number of carbonyl (C=O) groups is 1. The highest BCUT2D eigenvalue weighted by Gasteiger charge is 2.32. The van der Waals surface area contributed by atoms with Gasteiger partial charge in [0.2, 0.25) is 0 Å². The van der Waals surface area contributed by atoms with Crippen LogP contribution in [0.4, 0.5) is 34.1 Å². The first kappa shape index (κ1) is 19.5. The number of aromatic nitrogens is 3. The van der Waals surface area contributed by atoms with E-state index in [4.69, 9.17) is 0 Å². The lowest BCUT2D eigenvalue weighted by Gasteiger charge is -2.09. The quantitative estimate of drug-likeness (QED) is 0.557. The smallest absolute Gasteiger partial charge is 0.434 e. The van der Waals surface area contributed by atoms with Gasteiger partial charge in [-0.2, -0.15) is 17.5 Å². The molecule has 146 valence electrons. The number of nitrogens with zero attached hydrogens (tertiary/aromatic N) is 3. The molecule has 0 radical (unpaired) electrons. The summed E-state index contributed by atoms with van der Waals surface area (Å²) in [5.74, 6) is -2.09.